The van der Waals surface area contributed by atoms with E-state index in [0.29, 0.717) is 56.5 Å². The highest BCUT2D eigenvalue weighted by atomic mass is 32.2. The number of anilines is 1. The van der Waals surface area contributed by atoms with Gasteiger partial charge in [0.25, 0.3) is 0 Å². The number of sulfonamides is 1. The zero-order valence-corrected chi connectivity index (χ0v) is 19.5. The molecule has 2 aromatic carbocycles. The van der Waals surface area contributed by atoms with E-state index >= 15 is 0 Å². The lowest BCUT2D eigenvalue weighted by Gasteiger charge is -2.26. The standard InChI is InChI=1S/C23H30N2O6S/c1-4-17(3)23(26)24-21-16-20(32(27,28)25-12-14-29-15-13-25)10-11-22(21)31-19-8-6-18(7-9-19)30-5-2/h6-11,16-17H,4-5,12-15H2,1-3H3,(H,24,26). The Balaban J connectivity index is 1.92. The van der Waals surface area contributed by atoms with E-state index < -0.39 is 10.0 Å². The number of nitrogens with one attached hydrogen (secondary N) is 1. The van der Waals surface area contributed by atoms with Crippen molar-refractivity contribution in [3.63, 3.8) is 0 Å². The lowest BCUT2D eigenvalue weighted by Crippen LogP contribution is -2.40. The van der Waals surface area contributed by atoms with E-state index in [2.05, 4.69) is 5.32 Å². The number of ether oxygens (including phenoxy) is 3. The lowest BCUT2D eigenvalue weighted by molar-refractivity contribution is -0.119. The second-order valence-corrected chi connectivity index (χ2v) is 9.42. The maximum absolute atomic E-state index is 13.1. The minimum Gasteiger partial charge on any atom is -0.494 e. The summed E-state index contributed by atoms with van der Waals surface area (Å²) in [4.78, 5) is 12.7. The minimum absolute atomic E-state index is 0.0953. The summed E-state index contributed by atoms with van der Waals surface area (Å²) in [6.45, 7) is 7.50. The van der Waals surface area contributed by atoms with E-state index in [-0.39, 0.29) is 16.7 Å². The summed E-state index contributed by atoms with van der Waals surface area (Å²) < 4.78 is 44.2. The van der Waals surface area contributed by atoms with Gasteiger partial charge in [-0.2, -0.15) is 4.31 Å². The van der Waals surface area contributed by atoms with Gasteiger partial charge in [0.1, 0.15) is 11.5 Å². The average molecular weight is 463 g/mol. The Hall–Kier alpha value is -2.62. The van der Waals surface area contributed by atoms with Crippen molar-refractivity contribution in [3.8, 4) is 17.2 Å². The van der Waals surface area contributed by atoms with Crippen LogP contribution in [0.25, 0.3) is 0 Å². The van der Waals surface area contributed by atoms with Crippen LogP contribution >= 0.6 is 0 Å². The van der Waals surface area contributed by atoms with Gasteiger partial charge in [-0.1, -0.05) is 13.8 Å². The Morgan fingerprint density at radius 1 is 1.09 bits per heavy atom. The molecule has 2 aromatic rings. The van der Waals surface area contributed by atoms with Crippen LogP contribution in [0, 0.1) is 5.92 Å². The van der Waals surface area contributed by atoms with Crippen molar-refractivity contribution < 1.29 is 27.4 Å². The number of hydrogen-bond donors (Lipinski definition) is 1. The van der Waals surface area contributed by atoms with Crippen LogP contribution in [0.2, 0.25) is 0 Å². The molecule has 0 aromatic heterocycles. The van der Waals surface area contributed by atoms with Crippen LogP contribution in [0.1, 0.15) is 27.2 Å². The van der Waals surface area contributed by atoms with Gasteiger partial charge in [-0.3, -0.25) is 4.79 Å². The number of benzene rings is 2. The molecule has 32 heavy (non-hydrogen) atoms. The molecule has 1 aliphatic rings. The molecule has 3 rings (SSSR count). The number of hydrogen-bond acceptors (Lipinski definition) is 6. The first kappa shape index (κ1) is 24.0. The van der Waals surface area contributed by atoms with E-state index in [4.69, 9.17) is 14.2 Å². The highest BCUT2D eigenvalue weighted by molar-refractivity contribution is 7.89. The van der Waals surface area contributed by atoms with E-state index in [1.54, 1.807) is 30.3 Å². The van der Waals surface area contributed by atoms with Crippen molar-refractivity contribution in [2.45, 2.75) is 32.1 Å². The van der Waals surface area contributed by atoms with Crippen LogP contribution in [-0.4, -0.2) is 51.5 Å². The molecule has 1 unspecified atom stereocenters. The molecule has 0 bridgehead atoms. The van der Waals surface area contributed by atoms with Crippen LogP contribution in [0.4, 0.5) is 5.69 Å². The highest BCUT2D eigenvalue weighted by Crippen LogP contribution is 2.34. The normalized spacial score (nSPS) is 15.7. The Kier molecular flexibility index (Phi) is 8.11. The van der Waals surface area contributed by atoms with Gasteiger partial charge in [0.15, 0.2) is 5.75 Å². The molecule has 9 heteroatoms. The largest absolute Gasteiger partial charge is 0.494 e. The third kappa shape index (κ3) is 5.79. The van der Waals surface area contributed by atoms with Gasteiger partial charge in [-0.05, 0) is 55.8 Å². The van der Waals surface area contributed by atoms with Gasteiger partial charge in [0, 0.05) is 19.0 Å². The number of morpholine rings is 1. The van der Waals surface area contributed by atoms with Crippen LogP contribution in [-0.2, 0) is 19.6 Å². The van der Waals surface area contributed by atoms with E-state index in [9.17, 15) is 13.2 Å². The van der Waals surface area contributed by atoms with Gasteiger partial charge in [0.2, 0.25) is 15.9 Å². The second kappa shape index (κ2) is 10.8. The van der Waals surface area contributed by atoms with Crippen molar-refractivity contribution in [1.29, 1.82) is 0 Å². The zero-order chi connectivity index (χ0) is 23.1. The maximum Gasteiger partial charge on any atom is 0.243 e. The molecule has 1 heterocycles. The number of amides is 1. The third-order valence-electron chi connectivity index (χ3n) is 5.24. The molecule has 174 valence electrons. The van der Waals surface area contributed by atoms with Crippen molar-refractivity contribution in [2.24, 2.45) is 5.92 Å². The Morgan fingerprint density at radius 2 is 1.75 bits per heavy atom. The zero-order valence-electron chi connectivity index (χ0n) is 18.7. The summed E-state index contributed by atoms with van der Waals surface area (Å²) >= 11 is 0. The predicted molar refractivity (Wildman–Crippen MR) is 122 cm³/mol. The molecule has 1 N–H and O–H groups in total. The van der Waals surface area contributed by atoms with Gasteiger partial charge >= 0.3 is 0 Å². The monoisotopic (exact) mass is 462 g/mol. The molecule has 1 saturated heterocycles. The molecule has 8 nitrogen and oxygen atoms in total. The lowest BCUT2D eigenvalue weighted by atomic mass is 10.1. The highest BCUT2D eigenvalue weighted by Gasteiger charge is 2.27. The summed E-state index contributed by atoms with van der Waals surface area (Å²) in [6, 6.07) is 11.6. The van der Waals surface area contributed by atoms with Gasteiger partial charge in [0.05, 0.1) is 30.4 Å². The first-order chi connectivity index (χ1) is 15.3. The summed E-state index contributed by atoms with van der Waals surface area (Å²) in [5.74, 6) is 1.18. The molecule has 1 atom stereocenters. The number of carbonyl (C=O) groups is 1. The number of nitrogens with zero attached hydrogens (tertiary/aromatic N) is 1. The third-order valence-corrected chi connectivity index (χ3v) is 7.13. The first-order valence-corrected chi connectivity index (χ1v) is 12.2. The van der Waals surface area contributed by atoms with Crippen LogP contribution in [0.15, 0.2) is 47.4 Å². The SMILES string of the molecule is CCOc1ccc(Oc2ccc(S(=O)(=O)N3CCOCC3)cc2NC(=O)C(C)CC)cc1. The minimum atomic E-state index is -3.72. The Bertz CT molecular complexity index is 1020. The number of rotatable bonds is 9. The Morgan fingerprint density at radius 3 is 2.38 bits per heavy atom. The molecular formula is C23H30N2O6S. The molecule has 0 radical (unpaired) electrons. The fourth-order valence-corrected chi connectivity index (χ4v) is 4.57. The van der Waals surface area contributed by atoms with E-state index in [1.807, 2.05) is 20.8 Å². The van der Waals surface area contributed by atoms with Crippen molar-refractivity contribution in [3.05, 3.63) is 42.5 Å². The van der Waals surface area contributed by atoms with E-state index in [0.717, 1.165) is 5.75 Å². The maximum atomic E-state index is 13.1. The summed E-state index contributed by atoms with van der Waals surface area (Å²) in [5.41, 5.74) is 0.304. The molecule has 0 spiro atoms. The molecule has 0 aliphatic carbocycles. The molecule has 1 fully saturated rings. The Labute approximate surface area is 189 Å². The first-order valence-electron chi connectivity index (χ1n) is 10.8. The molecule has 0 saturated carbocycles. The molecular weight excluding hydrogens is 432 g/mol. The second-order valence-electron chi connectivity index (χ2n) is 7.48. The fourth-order valence-electron chi connectivity index (χ4n) is 3.13. The molecule has 1 amide bonds. The fraction of sp³-hybridized carbons (Fsp3) is 0.435. The average Bonchev–Trinajstić information content (AvgIpc) is 2.81. The van der Waals surface area contributed by atoms with E-state index in [1.165, 1.54) is 16.4 Å². The topological polar surface area (TPSA) is 94.2 Å². The van der Waals surface area contributed by atoms with Crippen molar-refractivity contribution in [2.75, 3.05) is 38.2 Å². The molecule has 1 aliphatic heterocycles. The van der Waals surface area contributed by atoms with Crippen molar-refractivity contribution in [1.82, 2.24) is 4.31 Å². The van der Waals surface area contributed by atoms with Crippen LogP contribution in [0.3, 0.4) is 0 Å². The summed E-state index contributed by atoms with van der Waals surface area (Å²) in [5, 5.41) is 2.83. The van der Waals surface area contributed by atoms with Gasteiger partial charge in [-0.15, -0.1) is 0 Å². The smallest absolute Gasteiger partial charge is 0.243 e. The van der Waals surface area contributed by atoms with Gasteiger partial charge in [-0.25, -0.2) is 8.42 Å². The summed E-state index contributed by atoms with van der Waals surface area (Å²) in [6.07, 6.45) is 0.659. The van der Waals surface area contributed by atoms with Crippen molar-refractivity contribution >= 4 is 21.6 Å². The quantitative estimate of drug-likeness (QED) is 0.608. The van der Waals surface area contributed by atoms with Crippen LogP contribution < -0.4 is 14.8 Å². The van der Waals surface area contributed by atoms with Gasteiger partial charge < -0.3 is 19.5 Å². The van der Waals surface area contributed by atoms with Crippen LogP contribution in [0.5, 0.6) is 17.2 Å². The predicted octanol–water partition coefficient (Wildman–Crippen LogP) is 3.88. The number of carbonyl (C=O) groups excluding carboxylic acids is 1. The summed E-state index contributed by atoms with van der Waals surface area (Å²) in [7, 11) is -3.72.